The van der Waals surface area contributed by atoms with Gasteiger partial charge in [-0.1, -0.05) is 6.92 Å². The van der Waals surface area contributed by atoms with Crippen LogP contribution in [0.15, 0.2) is 42.5 Å². The van der Waals surface area contributed by atoms with Gasteiger partial charge in [0, 0.05) is 18.8 Å². The van der Waals surface area contributed by atoms with Crippen LogP contribution < -0.4 is 23.8 Å². The van der Waals surface area contributed by atoms with E-state index in [0.29, 0.717) is 35.0 Å². The van der Waals surface area contributed by atoms with Crippen molar-refractivity contribution in [3.8, 4) is 17.2 Å². The Morgan fingerprint density at radius 3 is 2.21 bits per heavy atom. The number of rotatable bonds is 9. The molecule has 0 aliphatic carbocycles. The van der Waals surface area contributed by atoms with Gasteiger partial charge in [-0.25, -0.2) is 8.42 Å². The molecule has 0 aliphatic rings. The van der Waals surface area contributed by atoms with Crippen LogP contribution in [0.3, 0.4) is 0 Å². The van der Waals surface area contributed by atoms with E-state index in [-0.39, 0.29) is 5.91 Å². The monoisotopic (exact) mass is 422 g/mol. The Kier molecular flexibility index (Phi) is 7.33. The summed E-state index contributed by atoms with van der Waals surface area (Å²) in [6, 6.07) is 11.6. The minimum absolute atomic E-state index is 0.308. The summed E-state index contributed by atoms with van der Waals surface area (Å²) in [4.78, 5) is 12.6. The molecule has 0 aromatic heterocycles. The lowest BCUT2D eigenvalue weighted by atomic mass is 10.2. The first-order chi connectivity index (χ1) is 13.7. The fourth-order valence-electron chi connectivity index (χ4n) is 2.55. The van der Waals surface area contributed by atoms with E-state index in [2.05, 4.69) is 5.32 Å². The second-order valence-electron chi connectivity index (χ2n) is 6.30. The van der Waals surface area contributed by atoms with Gasteiger partial charge in [0.25, 0.3) is 5.91 Å². The van der Waals surface area contributed by atoms with Gasteiger partial charge in [-0.2, -0.15) is 0 Å². The largest absolute Gasteiger partial charge is 0.493 e. The number of carbonyl (C=O) groups excluding carboxylic acids is 1. The van der Waals surface area contributed by atoms with Gasteiger partial charge in [0.1, 0.15) is 5.75 Å². The van der Waals surface area contributed by atoms with Crippen LogP contribution in [0.2, 0.25) is 0 Å². The maximum Gasteiger partial charge on any atom is 0.265 e. The third-order valence-corrected chi connectivity index (χ3v) is 5.50. The molecule has 1 atom stereocenters. The summed E-state index contributed by atoms with van der Waals surface area (Å²) in [5.41, 5.74) is 1.06. The van der Waals surface area contributed by atoms with Gasteiger partial charge in [-0.15, -0.1) is 0 Å². The SMILES string of the molecule is CC[C@H](Oc1ccc(N(C)S(C)(=O)=O)cc1)C(=O)Nc1ccc(OC)c(OC)c1. The van der Waals surface area contributed by atoms with E-state index >= 15 is 0 Å². The molecule has 1 N–H and O–H groups in total. The highest BCUT2D eigenvalue weighted by atomic mass is 32.2. The maximum atomic E-state index is 12.6. The van der Waals surface area contributed by atoms with Crippen molar-refractivity contribution in [2.24, 2.45) is 0 Å². The molecule has 0 bridgehead atoms. The van der Waals surface area contributed by atoms with Crippen LogP contribution in [0.5, 0.6) is 17.2 Å². The summed E-state index contributed by atoms with van der Waals surface area (Å²) < 4.78 is 40.6. The van der Waals surface area contributed by atoms with Crippen LogP contribution in [0.1, 0.15) is 13.3 Å². The van der Waals surface area contributed by atoms with E-state index < -0.39 is 16.1 Å². The first-order valence-corrected chi connectivity index (χ1v) is 10.8. The predicted molar refractivity (Wildman–Crippen MR) is 113 cm³/mol. The molecular formula is C20H26N2O6S. The number of benzene rings is 2. The molecule has 0 unspecified atom stereocenters. The maximum absolute atomic E-state index is 12.6. The van der Waals surface area contributed by atoms with Crippen LogP contribution in [0, 0.1) is 0 Å². The molecule has 2 aromatic carbocycles. The van der Waals surface area contributed by atoms with Gasteiger partial charge in [0.2, 0.25) is 10.0 Å². The fraction of sp³-hybridized carbons (Fsp3) is 0.350. The molecule has 0 spiro atoms. The van der Waals surface area contributed by atoms with Crippen molar-refractivity contribution in [3.05, 3.63) is 42.5 Å². The lowest BCUT2D eigenvalue weighted by Crippen LogP contribution is -2.32. The molecule has 0 radical (unpaired) electrons. The summed E-state index contributed by atoms with van der Waals surface area (Å²) in [7, 11) is 1.18. The summed E-state index contributed by atoms with van der Waals surface area (Å²) >= 11 is 0. The second kappa shape index (κ2) is 9.51. The number of hydrogen-bond acceptors (Lipinski definition) is 6. The number of amides is 1. The minimum atomic E-state index is -3.35. The van der Waals surface area contributed by atoms with Crippen molar-refractivity contribution in [2.75, 3.05) is 37.1 Å². The fourth-order valence-corrected chi connectivity index (χ4v) is 3.05. The number of methoxy groups -OCH3 is 2. The molecule has 1 amide bonds. The van der Waals surface area contributed by atoms with Crippen LogP contribution in [0.25, 0.3) is 0 Å². The van der Waals surface area contributed by atoms with Crippen molar-refractivity contribution >= 4 is 27.3 Å². The number of ether oxygens (including phenoxy) is 3. The molecule has 158 valence electrons. The highest BCUT2D eigenvalue weighted by Gasteiger charge is 2.20. The van der Waals surface area contributed by atoms with Gasteiger partial charge in [-0.05, 0) is 42.8 Å². The molecule has 0 saturated carbocycles. The highest BCUT2D eigenvalue weighted by molar-refractivity contribution is 7.92. The van der Waals surface area contributed by atoms with E-state index in [1.54, 1.807) is 42.5 Å². The molecule has 0 fully saturated rings. The first kappa shape index (κ1) is 22.4. The van der Waals surface area contributed by atoms with E-state index in [4.69, 9.17) is 14.2 Å². The number of nitrogens with one attached hydrogen (secondary N) is 1. The Balaban J connectivity index is 2.08. The summed E-state index contributed by atoms with van der Waals surface area (Å²) in [5, 5.41) is 2.80. The Labute approximate surface area is 171 Å². The lowest BCUT2D eigenvalue weighted by Gasteiger charge is -2.19. The zero-order valence-electron chi connectivity index (χ0n) is 17.1. The average molecular weight is 423 g/mol. The number of hydrogen-bond donors (Lipinski definition) is 1. The summed E-state index contributed by atoms with van der Waals surface area (Å²) in [5.74, 6) is 1.22. The number of carbonyl (C=O) groups is 1. The third-order valence-electron chi connectivity index (χ3n) is 4.29. The van der Waals surface area contributed by atoms with Crippen LogP contribution in [-0.4, -0.2) is 48.0 Å². The molecular weight excluding hydrogens is 396 g/mol. The van der Waals surface area contributed by atoms with Gasteiger partial charge >= 0.3 is 0 Å². The third kappa shape index (κ3) is 5.77. The number of nitrogens with zero attached hydrogens (tertiary/aromatic N) is 1. The topological polar surface area (TPSA) is 94.2 Å². The van der Waals surface area contributed by atoms with Crippen molar-refractivity contribution in [3.63, 3.8) is 0 Å². The summed E-state index contributed by atoms with van der Waals surface area (Å²) in [6.07, 6.45) is 0.856. The number of sulfonamides is 1. The van der Waals surface area contributed by atoms with Gasteiger partial charge < -0.3 is 19.5 Å². The molecule has 0 heterocycles. The molecule has 8 nitrogen and oxygen atoms in total. The van der Waals surface area contributed by atoms with Gasteiger partial charge in [0.05, 0.1) is 26.2 Å². The van der Waals surface area contributed by atoms with E-state index in [0.717, 1.165) is 10.6 Å². The zero-order valence-corrected chi connectivity index (χ0v) is 17.9. The molecule has 2 aromatic rings. The molecule has 0 saturated heterocycles. The second-order valence-corrected chi connectivity index (χ2v) is 8.31. The normalized spacial score (nSPS) is 12.0. The number of anilines is 2. The Morgan fingerprint density at radius 2 is 1.69 bits per heavy atom. The Morgan fingerprint density at radius 1 is 1.07 bits per heavy atom. The smallest absolute Gasteiger partial charge is 0.265 e. The van der Waals surface area contributed by atoms with Crippen LogP contribution in [0.4, 0.5) is 11.4 Å². The van der Waals surface area contributed by atoms with Crippen molar-refractivity contribution in [1.82, 2.24) is 0 Å². The van der Waals surface area contributed by atoms with Crippen molar-refractivity contribution in [1.29, 1.82) is 0 Å². The van der Waals surface area contributed by atoms with Gasteiger partial charge in [-0.3, -0.25) is 9.10 Å². The standard InChI is InChI=1S/C20H26N2O6S/c1-6-17(20(23)21-14-7-12-18(26-3)19(13-14)27-4)28-16-10-8-15(9-11-16)22(2)29(5,24)25/h7-13,17H,6H2,1-5H3,(H,21,23)/t17-/m0/s1. The average Bonchev–Trinajstić information content (AvgIpc) is 2.70. The summed E-state index contributed by atoms with van der Waals surface area (Å²) in [6.45, 7) is 1.84. The zero-order chi connectivity index (χ0) is 21.6. The lowest BCUT2D eigenvalue weighted by molar-refractivity contribution is -0.122. The minimum Gasteiger partial charge on any atom is -0.493 e. The van der Waals surface area contributed by atoms with Crippen molar-refractivity contribution in [2.45, 2.75) is 19.4 Å². The molecule has 2 rings (SSSR count). The van der Waals surface area contributed by atoms with Crippen molar-refractivity contribution < 1.29 is 27.4 Å². The van der Waals surface area contributed by atoms with E-state index in [1.165, 1.54) is 21.3 Å². The molecule has 9 heteroatoms. The first-order valence-electron chi connectivity index (χ1n) is 8.93. The Bertz CT molecular complexity index is 944. The van der Waals surface area contributed by atoms with Gasteiger partial charge in [0.15, 0.2) is 17.6 Å². The highest BCUT2D eigenvalue weighted by Crippen LogP contribution is 2.30. The molecule has 0 aliphatic heterocycles. The quantitative estimate of drug-likeness (QED) is 0.668. The van der Waals surface area contributed by atoms with Crippen LogP contribution in [-0.2, 0) is 14.8 Å². The van der Waals surface area contributed by atoms with Crippen LogP contribution >= 0.6 is 0 Å². The van der Waals surface area contributed by atoms with E-state index in [9.17, 15) is 13.2 Å². The Hall–Kier alpha value is -2.94. The molecule has 29 heavy (non-hydrogen) atoms. The van der Waals surface area contributed by atoms with E-state index in [1.807, 2.05) is 6.92 Å². The predicted octanol–water partition coefficient (Wildman–Crippen LogP) is 2.90.